The van der Waals surface area contributed by atoms with Crippen LogP contribution in [-0.4, -0.2) is 13.1 Å². The van der Waals surface area contributed by atoms with Gasteiger partial charge < -0.3 is 10.1 Å². The van der Waals surface area contributed by atoms with E-state index in [1.54, 1.807) is 6.07 Å². The van der Waals surface area contributed by atoms with E-state index in [4.69, 9.17) is 39.5 Å². The molecule has 1 unspecified atom stereocenters. The molecule has 0 saturated carbocycles. The monoisotopic (exact) mass is 377 g/mol. The van der Waals surface area contributed by atoms with E-state index in [0.29, 0.717) is 21.0 Å². The van der Waals surface area contributed by atoms with Gasteiger partial charge in [-0.2, -0.15) is 0 Å². The summed E-state index contributed by atoms with van der Waals surface area (Å²) >= 11 is 18.1. The smallest absolute Gasteiger partial charge is 0.129 e. The molecule has 2 aromatic carbocycles. The number of benzene rings is 2. The minimum atomic E-state index is -0.0699. The molecule has 1 aliphatic heterocycles. The van der Waals surface area contributed by atoms with Crippen molar-refractivity contribution >= 4 is 47.2 Å². The molecule has 2 nitrogen and oxygen atoms in total. The molecule has 1 N–H and O–H groups in total. The van der Waals surface area contributed by atoms with Gasteiger partial charge in [-0.25, -0.2) is 0 Å². The number of ether oxygens (including phenoxy) is 1. The number of nitrogens with one attached hydrogen (secondary N) is 1. The van der Waals surface area contributed by atoms with E-state index in [-0.39, 0.29) is 18.5 Å². The van der Waals surface area contributed by atoms with Crippen molar-refractivity contribution in [3.63, 3.8) is 0 Å². The van der Waals surface area contributed by atoms with Gasteiger partial charge in [0.1, 0.15) is 11.9 Å². The summed E-state index contributed by atoms with van der Waals surface area (Å²) < 4.78 is 6.15. The quantitative estimate of drug-likeness (QED) is 0.767. The Bertz CT molecular complexity index is 646. The van der Waals surface area contributed by atoms with E-state index >= 15 is 0 Å². The highest BCUT2D eigenvalue weighted by molar-refractivity contribution is 6.42. The van der Waals surface area contributed by atoms with Crippen molar-refractivity contribution in [2.45, 2.75) is 6.10 Å². The van der Waals surface area contributed by atoms with Crippen LogP contribution in [0.2, 0.25) is 15.1 Å². The zero-order chi connectivity index (χ0) is 14.8. The predicted molar refractivity (Wildman–Crippen MR) is 94.9 cm³/mol. The highest BCUT2D eigenvalue weighted by Crippen LogP contribution is 2.34. The Balaban J connectivity index is 0.00000176. The Labute approximate surface area is 151 Å². The van der Waals surface area contributed by atoms with Crippen molar-refractivity contribution in [2.24, 2.45) is 5.92 Å². The lowest BCUT2D eigenvalue weighted by atomic mass is 9.91. The summed E-state index contributed by atoms with van der Waals surface area (Å²) in [5.74, 6) is 1.16. The maximum atomic E-state index is 6.15. The van der Waals surface area contributed by atoms with Crippen LogP contribution in [0.4, 0.5) is 0 Å². The third kappa shape index (κ3) is 4.01. The molecule has 0 amide bonds. The second kappa shape index (κ2) is 7.76. The lowest BCUT2D eigenvalue weighted by Gasteiger charge is -2.35. The number of hydrogen-bond donors (Lipinski definition) is 1. The first-order valence-electron chi connectivity index (χ1n) is 6.71. The van der Waals surface area contributed by atoms with Crippen LogP contribution in [0.1, 0.15) is 11.7 Å². The third-order valence-electron chi connectivity index (χ3n) is 3.57. The van der Waals surface area contributed by atoms with Gasteiger partial charge in [0.15, 0.2) is 0 Å². The molecule has 1 aliphatic rings. The fourth-order valence-electron chi connectivity index (χ4n) is 2.34. The molecule has 0 spiro atoms. The maximum absolute atomic E-state index is 6.15. The van der Waals surface area contributed by atoms with Crippen LogP contribution < -0.4 is 10.1 Å². The molecular weight excluding hydrogens is 364 g/mol. The minimum absolute atomic E-state index is 0. The number of hydrogen-bond acceptors (Lipinski definition) is 2. The Hall–Kier alpha value is -0.640. The van der Waals surface area contributed by atoms with Gasteiger partial charge in [-0.3, -0.25) is 0 Å². The maximum Gasteiger partial charge on any atom is 0.129 e. The molecule has 3 rings (SSSR count). The molecule has 0 radical (unpaired) electrons. The van der Waals surface area contributed by atoms with Gasteiger partial charge in [0.2, 0.25) is 0 Å². The van der Waals surface area contributed by atoms with E-state index in [2.05, 4.69) is 5.32 Å². The van der Waals surface area contributed by atoms with Crippen LogP contribution in [0.15, 0.2) is 42.5 Å². The van der Waals surface area contributed by atoms with Crippen LogP contribution in [0.25, 0.3) is 0 Å². The minimum Gasteiger partial charge on any atom is -0.485 e. The molecule has 1 saturated heterocycles. The first kappa shape index (κ1) is 17.7. The molecule has 0 aromatic heterocycles. The van der Waals surface area contributed by atoms with Gasteiger partial charge in [0, 0.05) is 24.0 Å². The topological polar surface area (TPSA) is 21.3 Å². The van der Waals surface area contributed by atoms with E-state index in [1.807, 2.05) is 36.4 Å². The van der Waals surface area contributed by atoms with Crippen LogP contribution in [0, 0.1) is 5.92 Å². The summed E-state index contributed by atoms with van der Waals surface area (Å²) in [6, 6.07) is 13.1. The molecule has 2 aromatic rings. The van der Waals surface area contributed by atoms with Crippen LogP contribution in [0.5, 0.6) is 5.75 Å². The van der Waals surface area contributed by atoms with Crippen LogP contribution in [-0.2, 0) is 0 Å². The van der Waals surface area contributed by atoms with Crippen molar-refractivity contribution in [3.8, 4) is 5.75 Å². The molecule has 1 fully saturated rings. The van der Waals surface area contributed by atoms with Crippen molar-refractivity contribution in [2.75, 3.05) is 13.1 Å². The van der Waals surface area contributed by atoms with Crippen LogP contribution in [0.3, 0.4) is 0 Å². The Morgan fingerprint density at radius 3 is 2.36 bits per heavy atom. The van der Waals surface area contributed by atoms with Gasteiger partial charge in [-0.15, -0.1) is 12.4 Å². The van der Waals surface area contributed by atoms with Gasteiger partial charge in [0.25, 0.3) is 0 Å². The van der Waals surface area contributed by atoms with E-state index < -0.39 is 0 Å². The summed E-state index contributed by atoms with van der Waals surface area (Å²) in [4.78, 5) is 0. The molecular formula is C16H15Cl4NO. The summed E-state index contributed by atoms with van der Waals surface area (Å²) in [7, 11) is 0. The highest BCUT2D eigenvalue weighted by atomic mass is 35.5. The molecule has 6 heteroatoms. The van der Waals surface area contributed by atoms with Crippen molar-refractivity contribution in [1.29, 1.82) is 0 Å². The lowest BCUT2D eigenvalue weighted by molar-refractivity contribution is 0.0993. The van der Waals surface area contributed by atoms with Crippen molar-refractivity contribution in [1.82, 2.24) is 5.32 Å². The zero-order valence-corrected chi connectivity index (χ0v) is 14.6. The largest absolute Gasteiger partial charge is 0.485 e. The second-order valence-corrected chi connectivity index (χ2v) is 6.34. The van der Waals surface area contributed by atoms with Gasteiger partial charge in [0.05, 0.1) is 10.0 Å². The zero-order valence-electron chi connectivity index (χ0n) is 11.6. The normalized spacial score (nSPS) is 15.6. The van der Waals surface area contributed by atoms with E-state index in [1.165, 1.54) is 0 Å². The first-order valence-corrected chi connectivity index (χ1v) is 7.85. The van der Waals surface area contributed by atoms with Crippen LogP contribution >= 0.6 is 47.2 Å². The van der Waals surface area contributed by atoms with Crippen molar-refractivity contribution in [3.05, 3.63) is 63.1 Å². The summed E-state index contributed by atoms with van der Waals surface area (Å²) in [5.41, 5.74) is 1.02. The van der Waals surface area contributed by atoms with Gasteiger partial charge in [-0.05, 0) is 35.9 Å². The summed E-state index contributed by atoms with van der Waals surface area (Å²) in [6.45, 7) is 1.84. The molecule has 118 valence electrons. The average Bonchev–Trinajstić information content (AvgIpc) is 2.39. The molecule has 0 bridgehead atoms. The number of rotatable bonds is 4. The molecule has 1 heterocycles. The molecule has 0 aliphatic carbocycles. The highest BCUT2D eigenvalue weighted by Gasteiger charge is 2.30. The fraction of sp³-hybridized carbons (Fsp3) is 0.250. The van der Waals surface area contributed by atoms with Crippen molar-refractivity contribution < 1.29 is 4.74 Å². The Morgan fingerprint density at radius 1 is 1.00 bits per heavy atom. The van der Waals surface area contributed by atoms with Gasteiger partial charge >= 0.3 is 0 Å². The summed E-state index contributed by atoms with van der Waals surface area (Å²) in [6.07, 6.45) is -0.0699. The van der Waals surface area contributed by atoms with Gasteiger partial charge in [-0.1, -0.05) is 46.9 Å². The Morgan fingerprint density at radius 2 is 1.77 bits per heavy atom. The average molecular weight is 379 g/mol. The summed E-state index contributed by atoms with van der Waals surface area (Å²) in [5, 5.41) is 5.02. The Kier molecular flexibility index (Phi) is 6.25. The molecule has 22 heavy (non-hydrogen) atoms. The lowest BCUT2D eigenvalue weighted by Crippen LogP contribution is -2.46. The predicted octanol–water partition coefficient (Wildman–Crippen LogP) is 5.41. The van der Waals surface area contributed by atoms with E-state index in [9.17, 15) is 0 Å². The SMILES string of the molecule is Cl.Clc1cccc(OC(c2ccc(Cl)c(Cl)c2)C2CNC2)c1. The van der Waals surface area contributed by atoms with E-state index in [0.717, 1.165) is 24.4 Å². The fourth-order valence-corrected chi connectivity index (χ4v) is 2.82. The molecule has 1 atom stereocenters. The number of halogens is 4. The third-order valence-corrected chi connectivity index (χ3v) is 4.55. The second-order valence-electron chi connectivity index (χ2n) is 5.09. The standard InChI is InChI=1S/C16H14Cl3NO.ClH/c17-12-2-1-3-13(7-12)21-16(11-8-20-9-11)10-4-5-14(18)15(19)6-10;/h1-7,11,16,20H,8-9H2;1H. The first-order chi connectivity index (χ1) is 10.1.